The Morgan fingerprint density at radius 1 is 1.38 bits per heavy atom. The van der Waals surface area contributed by atoms with Crippen LogP contribution in [-0.4, -0.2) is 24.4 Å². The van der Waals surface area contributed by atoms with E-state index in [0.717, 1.165) is 29.1 Å². The van der Waals surface area contributed by atoms with Gasteiger partial charge in [0.25, 0.3) is 0 Å². The number of Topliss-reactive ketones (excluding diaryl/α,β-unsaturated/α-hetero) is 1. The van der Waals surface area contributed by atoms with E-state index in [-0.39, 0.29) is 5.78 Å². The van der Waals surface area contributed by atoms with Gasteiger partial charge in [-0.3, -0.25) is 4.79 Å². The molecule has 0 amide bonds. The van der Waals surface area contributed by atoms with Gasteiger partial charge in [-0.2, -0.15) is 11.8 Å². The molecule has 1 rings (SSSR count). The Kier molecular flexibility index (Phi) is 5.39. The van der Waals surface area contributed by atoms with E-state index in [9.17, 15) is 4.79 Å². The van der Waals surface area contributed by atoms with Crippen LogP contribution in [0, 0.1) is 0 Å². The molecule has 1 aromatic rings. The van der Waals surface area contributed by atoms with Gasteiger partial charge >= 0.3 is 0 Å². The van der Waals surface area contributed by atoms with Crippen molar-refractivity contribution in [3.63, 3.8) is 0 Å². The summed E-state index contributed by atoms with van der Waals surface area (Å²) in [6.45, 7) is 4.12. The van der Waals surface area contributed by atoms with Crippen molar-refractivity contribution < 1.29 is 9.53 Å². The van der Waals surface area contributed by atoms with Crippen LogP contribution in [0.2, 0.25) is 0 Å². The second-order valence-electron chi connectivity index (χ2n) is 3.44. The predicted octanol–water partition coefficient (Wildman–Crippen LogP) is 3.19. The maximum absolute atomic E-state index is 11.8. The number of aryl methyl sites for hydroxylation is 1. The molecule has 0 bridgehead atoms. The first kappa shape index (κ1) is 13.1. The minimum absolute atomic E-state index is 0.198. The van der Waals surface area contributed by atoms with Crippen LogP contribution < -0.4 is 4.74 Å². The highest BCUT2D eigenvalue weighted by atomic mass is 32.2. The molecule has 0 atom stereocenters. The van der Waals surface area contributed by atoms with Crippen LogP contribution in [0.5, 0.6) is 5.75 Å². The van der Waals surface area contributed by atoms with Crippen LogP contribution in [0.4, 0.5) is 0 Å². The van der Waals surface area contributed by atoms with Crippen molar-refractivity contribution in [3.05, 3.63) is 29.3 Å². The maximum Gasteiger partial charge on any atom is 0.172 e. The fraction of sp³-hybridized carbons (Fsp3) is 0.462. The van der Waals surface area contributed by atoms with Crippen molar-refractivity contribution in [1.29, 1.82) is 0 Å². The largest absolute Gasteiger partial charge is 0.496 e. The molecule has 1 aromatic carbocycles. The molecule has 3 heteroatoms. The Morgan fingerprint density at radius 2 is 2.12 bits per heavy atom. The van der Waals surface area contributed by atoms with E-state index in [1.807, 2.05) is 18.2 Å². The first-order valence-corrected chi connectivity index (χ1v) is 6.66. The molecule has 88 valence electrons. The van der Waals surface area contributed by atoms with E-state index in [1.54, 1.807) is 18.9 Å². The molecule has 0 heterocycles. The molecule has 0 aromatic heterocycles. The lowest BCUT2D eigenvalue weighted by Crippen LogP contribution is -2.04. The molecule has 16 heavy (non-hydrogen) atoms. The number of hydrogen-bond donors (Lipinski definition) is 0. The van der Waals surface area contributed by atoms with E-state index in [2.05, 4.69) is 13.8 Å². The number of benzene rings is 1. The van der Waals surface area contributed by atoms with Crippen molar-refractivity contribution in [3.8, 4) is 5.75 Å². The lowest BCUT2D eigenvalue weighted by Gasteiger charge is -2.08. The van der Waals surface area contributed by atoms with E-state index in [4.69, 9.17) is 4.74 Å². The zero-order chi connectivity index (χ0) is 12.0. The van der Waals surface area contributed by atoms with E-state index in [1.165, 1.54) is 0 Å². The number of hydrogen-bond acceptors (Lipinski definition) is 3. The SMILES string of the molecule is CCSCC(=O)c1ccc(OC)c(CC)c1. The summed E-state index contributed by atoms with van der Waals surface area (Å²) in [7, 11) is 1.66. The van der Waals surface area contributed by atoms with Crippen LogP contribution in [-0.2, 0) is 6.42 Å². The summed E-state index contributed by atoms with van der Waals surface area (Å²) in [4.78, 5) is 11.8. The molecular weight excluding hydrogens is 220 g/mol. The molecule has 0 unspecified atom stereocenters. The van der Waals surface area contributed by atoms with Crippen LogP contribution >= 0.6 is 11.8 Å². The second kappa shape index (κ2) is 6.59. The topological polar surface area (TPSA) is 26.3 Å². The molecule has 0 fully saturated rings. The fourth-order valence-electron chi connectivity index (χ4n) is 1.51. The minimum Gasteiger partial charge on any atom is -0.496 e. The molecule has 0 radical (unpaired) electrons. The number of thioether (sulfide) groups is 1. The lowest BCUT2D eigenvalue weighted by atomic mass is 10.1. The molecule has 0 aliphatic carbocycles. The van der Waals surface area contributed by atoms with Gasteiger partial charge < -0.3 is 4.74 Å². The van der Waals surface area contributed by atoms with Gasteiger partial charge in [0, 0.05) is 5.56 Å². The minimum atomic E-state index is 0.198. The molecule has 0 aliphatic heterocycles. The highest BCUT2D eigenvalue weighted by molar-refractivity contribution is 7.99. The van der Waals surface area contributed by atoms with Crippen molar-refractivity contribution in [1.82, 2.24) is 0 Å². The van der Waals surface area contributed by atoms with Gasteiger partial charge in [-0.1, -0.05) is 13.8 Å². The third kappa shape index (κ3) is 3.27. The third-order valence-electron chi connectivity index (χ3n) is 2.42. The van der Waals surface area contributed by atoms with Gasteiger partial charge in [-0.25, -0.2) is 0 Å². The fourth-order valence-corrected chi connectivity index (χ4v) is 2.06. The van der Waals surface area contributed by atoms with Crippen molar-refractivity contribution in [2.75, 3.05) is 18.6 Å². The van der Waals surface area contributed by atoms with Crippen LogP contribution in [0.1, 0.15) is 29.8 Å². The molecule has 0 aliphatic rings. The third-order valence-corrected chi connectivity index (χ3v) is 3.30. The van der Waals surface area contributed by atoms with Crippen molar-refractivity contribution in [2.24, 2.45) is 0 Å². The van der Waals surface area contributed by atoms with Crippen molar-refractivity contribution in [2.45, 2.75) is 20.3 Å². The maximum atomic E-state index is 11.8. The normalized spacial score (nSPS) is 10.2. The Morgan fingerprint density at radius 3 is 2.69 bits per heavy atom. The van der Waals surface area contributed by atoms with Gasteiger partial charge in [0.2, 0.25) is 0 Å². The number of methoxy groups -OCH3 is 1. The number of ether oxygens (including phenoxy) is 1. The molecule has 0 N–H and O–H groups in total. The zero-order valence-electron chi connectivity index (χ0n) is 10.1. The van der Waals surface area contributed by atoms with Gasteiger partial charge in [-0.05, 0) is 35.9 Å². The van der Waals surface area contributed by atoms with Gasteiger partial charge in [0.1, 0.15) is 5.75 Å². The summed E-state index contributed by atoms with van der Waals surface area (Å²) in [6, 6.07) is 5.66. The second-order valence-corrected chi connectivity index (χ2v) is 4.71. The summed E-state index contributed by atoms with van der Waals surface area (Å²) >= 11 is 1.65. The average Bonchev–Trinajstić information content (AvgIpc) is 2.34. The summed E-state index contributed by atoms with van der Waals surface area (Å²) in [5, 5.41) is 0. The van der Waals surface area contributed by atoms with Gasteiger partial charge in [0.15, 0.2) is 5.78 Å². The molecule has 0 saturated carbocycles. The summed E-state index contributed by atoms with van der Waals surface area (Å²) in [6.07, 6.45) is 0.880. The van der Waals surface area contributed by atoms with Gasteiger partial charge in [-0.15, -0.1) is 0 Å². The Balaban J connectivity index is 2.85. The number of rotatable bonds is 6. The number of carbonyl (C=O) groups excluding carboxylic acids is 1. The monoisotopic (exact) mass is 238 g/mol. The zero-order valence-corrected chi connectivity index (χ0v) is 10.9. The first-order chi connectivity index (χ1) is 7.72. The van der Waals surface area contributed by atoms with Crippen molar-refractivity contribution >= 4 is 17.5 Å². The summed E-state index contributed by atoms with van der Waals surface area (Å²) in [5.74, 6) is 2.60. The van der Waals surface area contributed by atoms with E-state index >= 15 is 0 Å². The first-order valence-electron chi connectivity index (χ1n) is 5.50. The quantitative estimate of drug-likeness (QED) is 0.712. The summed E-state index contributed by atoms with van der Waals surface area (Å²) < 4.78 is 5.24. The lowest BCUT2D eigenvalue weighted by molar-refractivity contribution is 0.102. The van der Waals surface area contributed by atoms with E-state index < -0.39 is 0 Å². The predicted molar refractivity (Wildman–Crippen MR) is 69.7 cm³/mol. The van der Waals surface area contributed by atoms with Gasteiger partial charge in [0.05, 0.1) is 12.9 Å². The standard InChI is InChI=1S/C13H18O2S/c1-4-10-8-11(6-7-13(10)15-3)12(14)9-16-5-2/h6-8H,4-5,9H2,1-3H3. The molecule has 0 spiro atoms. The average molecular weight is 238 g/mol. The summed E-state index contributed by atoms with van der Waals surface area (Å²) in [5.41, 5.74) is 1.88. The number of carbonyl (C=O) groups is 1. The highest BCUT2D eigenvalue weighted by Crippen LogP contribution is 2.21. The molecular formula is C13H18O2S. The number of ketones is 1. The molecule has 2 nitrogen and oxygen atoms in total. The smallest absolute Gasteiger partial charge is 0.172 e. The van der Waals surface area contributed by atoms with Crippen LogP contribution in [0.3, 0.4) is 0 Å². The van der Waals surface area contributed by atoms with Crippen LogP contribution in [0.15, 0.2) is 18.2 Å². The van der Waals surface area contributed by atoms with E-state index in [0.29, 0.717) is 5.75 Å². The molecule has 0 saturated heterocycles. The Labute approximate surface area is 101 Å². The Bertz CT molecular complexity index is 361. The highest BCUT2D eigenvalue weighted by Gasteiger charge is 2.08. The Hall–Kier alpha value is -0.960. The van der Waals surface area contributed by atoms with Crippen LogP contribution in [0.25, 0.3) is 0 Å².